The lowest BCUT2D eigenvalue weighted by molar-refractivity contribution is -0.133. The maximum Gasteiger partial charge on any atom is 0.246 e. The SMILES string of the molecule is Cc1cccc(C(Cc2cc(Cl)ccc2-n2cnnn2)C(=O)NC(=O)C2CCON2)c1O. The lowest BCUT2D eigenvalue weighted by Gasteiger charge is -2.21. The predicted molar refractivity (Wildman–Crippen MR) is 114 cm³/mol. The maximum absolute atomic E-state index is 13.3. The maximum atomic E-state index is 13.3. The first-order valence-electron chi connectivity index (χ1n) is 9.96. The summed E-state index contributed by atoms with van der Waals surface area (Å²) in [5.41, 5.74) is 4.89. The molecule has 2 heterocycles. The molecular formula is C21H21ClN6O4. The molecule has 166 valence electrons. The summed E-state index contributed by atoms with van der Waals surface area (Å²) in [4.78, 5) is 30.8. The van der Waals surface area contributed by atoms with Gasteiger partial charge in [-0.2, -0.15) is 5.48 Å². The van der Waals surface area contributed by atoms with Crippen molar-refractivity contribution < 1.29 is 19.5 Å². The van der Waals surface area contributed by atoms with Crippen molar-refractivity contribution in [2.75, 3.05) is 6.61 Å². The van der Waals surface area contributed by atoms with E-state index in [4.69, 9.17) is 16.4 Å². The largest absolute Gasteiger partial charge is 0.507 e. The molecule has 4 rings (SSSR count). The number of benzene rings is 2. The normalized spacial score (nSPS) is 16.6. The molecule has 1 aromatic heterocycles. The fourth-order valence-electron chi connectivity index (χ4n) is 3.61. The lowest BCUT2D eigenvalue weighted by Crippen LogP contribution is -2.45. The van der Waals surface area contributed by atoms with E-state index < -0.39 is 23.8 Å². The molecule has 1 fully saturated rings. The summed E-state index contributed by atoms with van der Waals surface area (Å²) >= 11 is 6.23. The quantitative estimate of drug-likeness (QED) is 0.509. The monoisotopic (exact) mass is 456 g/mol. The van der Waals surface area contributed by atoms with Gasteiger partial charge in [0.25, 0.3) is 0 Å². The molecule has 2 atom stereocenters. The minimum atomic E-state index is -0.880. The molecule has 0 saturated carbocycles. The molecule has 3 N–H and O–H groups in total. The van der Waals surface area contributed by atoms with Crippen molar-refractivity contribution in [2.24, 2.45) is 0 Å². The van der Waals surface area contributed by atoms with Crippen molar-refractivity contribution in [3.05, 3.63) is 64.4 Å². The highest BCUT2D eigenvalue weighted by Crippen LogP contribution is 2.33. The fraction of sp³-hybridized carbons (Fsp3) is 0.286. The number of nitrogens with one attached hydrogen (secondary N) is 2. The van der Waals surface area contributed by atoms with Crippen LogP contribution in [0.4, 0.5) is 0 Å². The van der Waals surface area contributed by atoms with Crippen LogP contribution in [-0.4, -0.2) is 49.8 Å². The second-order valence-corrected chi connectivity index (χ2v) is 7.89. The Morgan fingerprint density at radius 2 is 2.22 bits per heavy atom. The van der Waals surface area contributed by atoms with Crippen LogP contribution in [0.5, 0.6) is 5.75 Å². The zero-order valence-electron chi connectivity index (χ0n) is 17.2. The van der Waals surface area contributed by atoms with Gasteiger partial charge in [-0.25, -0.2) is 4.68 Å². The van der Waals surface area contributed by atoms with Crippen LogP contribution < -0.4 is 10.8 Å². The molecule has 1 saturated heterocycles. The van der Waals surface area contributed by atoms with Gasteiger partial charge in [0.05, 0.1) is 18.2 Å². The Balaban J connectivity index is 1.70. The number of imide groups is 1. The number of tetrazole rings is 1. The zero-order chi connectivity index (χ0) is 22.7. The van der Waals surface area contributed by atoms with Gasteiger partial charge in [0, 0.05) is 10.6 Å². The third kappa shape index (κ3) is 4.62. The number of rotatable bonds is 6. The second-order valence-electron chi connectivity index (χ2n) is 7.46. The van der Waals surface area contributed by atoms with Crippen LogP contribution in [0.1, 0.15) is 29.0 Å². The topological polar surface area (TPSA) is 131 Å². The van der Waals surface area contributed by atoms with Gasteiger partial charge < -0.3 is 9.94 Å². The van der Waals surface area contributed by atoms with Gasteiger partial charge >= 0.3 is 0 Å². The molecule has 3 aromatic rings. The van der Waals surface area contributed by atoms with Gasteiger partial charge in [0.2, 0.25) is 11.8 Å². The highest BCUT2D eigenvalue weighted by Gasteiger charge is 2.31. The smallest absolute Gasteiger partial charge is 0.246 e. The molecule has 0 radical (unpaired) electrons. The summed E-state index contributed by atoms with van der Waals surface area (Å²) in [6, 6.07) is 9.67. The van der Waals surface area contributed by atoms with E-state index in [1.165, 1.54) is 11.0 Å². The Morgan fingerprint density at radius 1 is 1.38 bits per heavy atom. The number of aryl methyl sites for hydroxylation is 1. The number of aromatic hydroxyl groups is 1. The van der Waals surface area contributed by atoms with Gasteiger partial charge in [-0.15, -0.1) is 5.10 Å². The molecule has 1 aliphatic heterocycles. The Labute approximate surface area is 188 Å². The van der Waals surface area contributed by atoms with Crippen molar-refractivity contribution in [1.29, 1.82) is 0 Å². The summed E-state index contributed by atoms with van der Waals surface area (Å²) in [6.45, 7) is 2.12. The first-order valence-corrected chi connectivity index (χ1v) is 10.3. The van der Waals surface area contributed by atoms with Crippen LogP contribution in [0.25, 0.3) is 5.69 Å². The number of phenolic OH excluding ortho intramolecular Hbond substituents is 1. The minimum absolute atomic E-state index is 0.00609. The number of para-hydroxylation sites is 1. The summed E-state index contributed by atoms with van der Waals surface area (Å²) in [5.74, 6) is -1.92. The fourth-order valence-corrected chi connectivity index (χ4v) is 3.81. The average molecular weight is 457 g/mol. The molecule has 0 bridgehead atoms. The van der Waals surface area contributed by atoms with Crippen LogP contribution in [0.3, 0.4) is 0 Å². The molecule has 2 unspecified atom stereocenters. The molecular weight excluding hydrogens is 436 g/mol. The van der Waals surface area contributed by atoms with Gasteiger partial charge in [-0.1, -0.05) is 29.8 Å². The zero-order valence-corrected chi connectivity index (χ0v) is 17.9. The van der Waals surface area contributed by atoms with Crippen molar-refractivity contribution in [1.82, 2.24) is 31.0 Å². The summed E-state index contributed by atoms with van der Waals surface area (Å²) in [6.07, 6.45) is 2.03. The van der Waals surface area contributed by atoms with Gasteiger partial charge in [-0.3, -0.25) is 14.9 Å². The van der Waals surface area contributed by atoms with Crippen LogP contribution >= 0.6 is 11.6 Å². The van der Waals surface area contributed by atoms with Crippen molar-refractivity contribution in [3.8, 4) is 11.4 Å². The van der Waals surface area contributed by atoms with Crippen LogP contribution in [0.15, 0.2) is 42.7 Å². The minimum Gasteiger partial charge on any atom is -0.507 e. The van der Waals surface area contributed by atoms with Gasteiger partial charge in [-0.05, 0) is 59.5 Å². The van der Waals surface area contributed by atoms with E-state index >= 15 is 0 Å². The number of carbonyl (C=O) groups is 2. The van der Waals surface area contributed by atoms with E-state index in [9.17, 15) is 14.7 Å². The predicted octanol–water partition coefficient (Wildman–Crippen LogP) is 1.59. The van der Waals surface area contributed by atoms with Crippen molar-refractivity contribution >= 4 is 23.4 Å². The Morgan fingerprint density at radius 3 is 2.94 bits per heavy atom. The number of amides is 2. The number of hydrogen-bond acceptors (Lipinski definition) is 8. The first kappa shape index (κ1) is 21.9. The molecule has 0 spiro atoms. The summed E-state index contributed by atoms with van der Waals surface area (Å²) in [5, 5.41) is 24.8. The van der Waals surface area contributed by atoms with Crippen LogP contribution in [0, 0.1) is 6.92 Å². The van der Waals surface area contributed by atoms with E-state index in [-0.39, 0.29) is 12.2 Å². The van der Waals surface area contributed by atoms with E-state index in [0.29, 0.717) is 40.4 Å². The molecule has 32 heavy (non-hydrogen) atoms. The Hall–Kier alpha value is -3.34. The van der Waals surface area contributed by atoms with E-state index in [0.717, 1.165) is 0 Å². The first-order chi connectivity index (χ1) is 15.4. The number of hydrogen-bond donors (Lipinski definition) is 3. The summed E-state index contributed by atoms with van der Waals surface area (Å²) < 4.78 is 1.46. The van der Waals surface area contributed by atoms with Crippen molar-refractivity contribution in [3.63, 3.8) is 0 Å². The Bertz CT molecular complexity index is 1130. The van der Waals surface area contributed by atoms with E-state index in [1.54, 1.807) is 43.3 Å². The van der Waals surface area contributed by atoms with Crippen molar-refractivity contribution in [2.45, 2.75) is 31.7 Å². The standard InChI is InChI=1S/C21H21ClN6O4/c1-12-3-2-4-15(19(12)29)16(20(30)24-21(31)17-7-8-32-25-17)10-13-9-14(22)5-6-18(13)28-11-23-26-27-28/h2-6,9,11,16-17,25,29H,7-8,10H2,1H3,(H,24,30,31). The van der Waals surface area contributed by atoms with E-state index in [2.05, 4.69) is 26.3 Å². The van der Waals surface area contributed by atoms with Gasteiger partial charge in [0.15, 0.2) is 0 Å². The average Bonchev–Trinajstić information content (AvgIpc) is 3.49. The molecule has 11 heteroatoms. The third-order valence-corrected chi connectivity index (χ3v) is 5.55. The number of phenols is 1. The number of hydroxylamine groups is 1. The van der Waals surface area contributed by atoms with Crippen LogP contribution in [-0.2, 0) is 20.8 Å². The number of nitrogens with zero attached hydrogens (tertiary/aromatic N) is 4. The molecule has 2 amide bonds. The lowest BCUT2D eigenvalue weighted by atomic mass is 9.88. The summed E-state index contributed by atoms with van der Waals surface area (Å²) in [7, 11) is 0. The molecule has 10 nitrogen and oxygen atoms in total. The van der Waals surface area contributed by atoms with Crippen LogP contribution in [0.2, 0.25) is 5.02 Å². The Kier molecular flexibility index (Phi) is 6.45. The number of halogens is 1. The molecule has 2 aromatic carbocycles. The number of carbonyl (C=O) groups excluding carboxylic acids is 2. The number of aromatic nitrogens is 4. The molecule has 1 aliphatic rings. The van der Waals surface area contributed by atoms with Gasteiger partial charge in [0.1, 0.15) is 18.1 Å². The second kappa shape index (κ2) is 9.43. The molecule has 0 aliphatic carbocycles. The highest BCUT2D eigenvalue weighted by atomic mass is 35.5. The highest BCUT2D eigenvalue weighted by molar-refractivity contribution is 6.30. The van der Waals surface area contributed by atoms with E-state index in [1.807, 2.05) is 0 Å². The third-order valence-electron chi connectivity index (χ3n) is 5.32.